The summed E-state index contributed by atoms with van der Waals surface area (Å²) in [5, 5.41) is 2.47. The van der Waals surface area contributed by atoms with E-state index in [4.69, 9.17) is 10.5 Å². The normalized spacial score (nSPS) is 13.1. The number of nitrogens with one attached hydrogen (secondary N) is 1. The van der Waals surface area contributed by atoms with Crippen LogP contribution in [-0.4, -0.2) is 25.7 Å². The van der Waals surface area contributed by atoms with E-state index < -0.39 is 23.8 Å². The van der Waals surface area contributed by atoms with Gasteiger partial charge in [0.1, 0.15) is 6.10 Å². The molecule has 1 aromatic rings. The van der Waals surface area contributed by atoms with Crippen LogP contribution < -0.4 is 11.1 Å². The first-order valence-electron chi connectivity index (χ1n) is 5.55. The van der Waals surface area contributed by atoms with Crippen LogP contribution in [0.5, 0.6) is 0 Å². The van der Waals surface area contributed by atoms with Gasteiger partial charge in [0, 0.05) is 20.2 Å². The highest BCUT2D eigenvalue weighted by Crippen LogP contribution is 2.29. The Hall–Kier alpha value is -1.60. The fraction of sp³-hybridized carbons (Fsp3) is 0.417. The zero-order valence-corrected chi connectivity index (χ0v) is 10.3. The van der Waals surface area contributed by atoms with Crippen LogP contribution in [0.15, 0.2) is 24.3 Å². The largest absolute Gasteiger partial charge is 0.416 e. The number of nitrogens with two attached hydrogens (primary N) is 1. The molecule has 1 unspecified atom stereocenters. The van der Waals surface area contributed by atoms with Crippen molar-refractivity contribution in [3.05, 3.63) is 35.4 Å². The standard InChI is InChI=1S/C12H15F3N2O2/c1-19-10(6-16)11(18)17-7-8-3-2-4-9(5-8)12(13,14)15/h2-5,10H,6-7,16H2,1H3,(H,17,18). The van der Waals surface area contributed by atoms with Gasteiger partial charge in [-0.1, -0.05) is 12.1 Å². The second-order valence-corrected chi connectivity index (χ2v) is 3.88. The highest BCUT2D eigenvalue weighted by atomic mass is 19.4. The maximum Gasteiger partial charge on any atom is 0.416 e. The van der Waals surface area contributed by atoms with Gasteiger partial charge in [-0.3, -0.25) is 4.79 Å². The summed E-state index contributed by atoms with van der Waals surface area (Å²) in [6, 6.07) is 4.76. The molecule has 7 heteroatoms. The minimum absolute atomic E-state index is 0.00489. The molecule has 0 spiro atoms. The van der Waals surface area contributed by atoms with Crippen molar-refractivity contribution in [2.45, 2.75) is 18.8 Å². The van der Waals surface area contributed by atoms with Crippen molar-refractivity contribution in [3.8, 4) is 0 Å². The summed E-state index contributed by atoms with van der Waals surface area (Å²) < 4.78 is 42.3. The topological polar surface area (TPSA) is 64.3 Å². The van der Waals surface area contributed by atoms with Crippen LogP contribution in [0, 0.1) is 0 Å². The van der Waals surface area contributed by atoms with E-state index in [1.165, 1.54) is 19.2 Å². The van der Waals surface area contributed by atoms with Crippen LogP contribution in [-0.2, 0) is 22.3 Å². The van der Waals surface area contributed by atoms with Crippen molar-refractivity contribution in [2.75, 3.05) is 13.7 Å². The number of methoxy groups -OCH3 is 1. The van der Waals surface area contributed by atoms with Gasteiger partial charge in [0.25, 0.3) is 5.91 Å². The lowest BCUT2D eigenvalue weighted by Gasteiger charge is -2.13. The third kappa shape index (κ3) is 4.53. The molecule has 0 bridgehead atoms. The van der Waals surface area contributed by atoms with Crippen molar-refractivity contribution in [1.29, 1.82) is 0 Å². The second-order valence-electron chi connectivity index (χ2n) is 3.88. The summed E-state index contributed by atoms with van der Waals surface area (Å²) in [5.41, 5.74) is 4.91. The number of amides is 1. The number of ether oxygens (including phenoxy) is 1. The molecule has 0 aliphatic heterocycles. The lowest BCUT2D eigenvalue weighted by Crippen LogP contribution is -2.40. The van der Waals surface area contributed by atoms with Crippen molar-refractivity contribution in [2.24, 2.45) is 5.73 Å². The molecule has 3 N–H and O–H groups in total. The minimum Gasteiger partial charge on any atom is -0.370 e. The number of hydrogen-bond donors (Lipinski definition) is 2. The Bertz CT molecular complexity index is 431. The van der Waals surface area contributed by atoms with Crippen molar-refractivity contribution >= 4 is 5.91 Å². The van der Waals surface area contributed by atoms with Gasteiger partial charge < -0.3 is 15.8 Å². The molecule has 0 radical (unpaired) electrons. The molecule has 4 nitrogen and oxygen atoms in total. The Labute approximate surface area is 108 Å². The van der Waals surface area contributed by atoms with Gasteiger partial charge in [0.2, 0.25) is 0 Å². The summed E-state index contributed by atoms with van der Waals surface area (Å²) in [6.45, 7) is -0.00641. The fourth-order valence-electron chi connectivity index (χ4n) is 1.47. The van der Waals surface area contributed by atoms with E-state index in [2.05, 4.69) is 5.32 Å². The third-order valence-corrected chi connectivity index (χ3v) is 2.51. The van der Waals surface area contributed by atoms with Gasteiger partial charge in [0.15, 0.2) is 0 Å². The maximum atomic E-state index is 12.5. The molecule has 1 amide bonds. The van der Waals surface area contributed by atoms with Gasteiger partial charge in [-0.15, -0.1) is 0 Å². The van der Waals surface area contributed by atoms with Gasteiger partial charge >= 0.3 is 6.18 Å². The molecule has 1 rings (SSSR count). The average Bonchev–Trinajstić information content (AvgIpc) is 2.37. The van der Waals surface area contributed by atoms with E-state index >= 15 is 0 Å². The Morgan fingerprint density at radius 3 is 2.68 bits per heavy atom. The summed E-state index contributed by atoms with van der Waals surface area (Å²) in [7, 11) is 1.33. The Balaban J connectivity index is 2.66. The predicted molar refractivity (Wildman–Crippen MR) is 63.1 cm³/mol. The number of rotatable bonds is 5. The molecule has 19 heavy (non-hydrogen) atoms. The van der Waals surface area contributed by atoms with E-state index in [0.717, 1.165) is 12.1 Å². The van der Waals surface area contributed by atoms with Crippen LogP contribution in [0.4, 0.5) is 13.2 Å². The van der Waals surface area contributed by atoms with Crippen LogP contribution in [0.2, 0.25) is 0 Å². The number of benzene rings is 1. The molecular formula is C12H15F3N2O2. The van der Waals surface area contributed by atoms with Gasteiger partial charge in [-0.25, -0.2) is 0 Å². The molecular weight excluding hydrogens is 261 g/mol. The quantitative estimate of drug-likeness (QED) is 0.852. The van der Waals surface area contributed by atoms with Crippen molar-refractivity contribution in [1.82, 2.24) is 5.32 Å². The molecule has 106 valence electrons. The first kappa shape index (κ1) is 15.5. The number of carbonyl (C=O) groups excluding carboxylic acids is 1. The van der Waals surface area contributed by atoms with Crippen LogP contribution in [0.3, 0.4) is 0 Å². The van der Waals surface area contributed by atoms with Gasteiger partial charge in [0.05, 0.1) is 5.56 Å². The first-order chi connectivity index (χ1) is 8.88. The third-order valence-electron chi connectivity index (χ3n) is 2.51. The first-order valence-corrected chi connectivity index (χ1v) is 5.55. The summed E-state index contributed by atoms with van der Waals surface area (Å²) >= 11 is 0. The molecule has 0 aliphatic rings. The van der Waals surface area contributed by atoms with Crippen molar-refractivity contribution < 1.29 is 22.7 Å². The second kappa shape index (κ2) is 6.53. The molecule has 0 fully saturated rings. The molecule has 0 aromatic heterocycles. The molecule has 0 saturated heterocycles. The summed E-state index contributed by atoms with van der Waals surface area (Å²) in [6.07, 6.45) is -5.20. The molecule has 1 atom stereocenters. The Morgan fingerprint density at radius 1 is 1.47 bits per heavy atom. The number of alkyl halides is 3. The highest BCUT2D eigenvalue weighted by Gasteiger charge is 2.30. The lowest BCUT2D eigenvalue weighted by atomic mass is 10.1. The van der Waals surface area contributed by atoms with E-state index in [0.29, 0.717) is 5.56 Å². The monoisotopic (exact) mass is 276 g/mol. The van der Waals surface area contributed by atoms with Crippen molar-refractivity contribution in [3.63, 3.8) is 0 Å². The summed E-state index contributed by atoms with van der Waals surface area (Å²) in [4.78, 5) is 11.5. The predicted octanol–water partition coefficient (Wildman–Crippen LogP) is 1.30. The van der Waals surface area contributed by atoms with Gasteiger partial charge in [-0.2, -0.15) is 13.2 Å². The molecule has 0 heterocycles. The summed E-state index contributed by atoms with van der Waals surface area (Å²) in [5.74, 6) is -0.456. The van der Waals surface area contributed by atoms with Crippen LogP contribution in [0.25, 0.3) is 0 Å². The number of hydrogen-bond acceptors (Lipinski definition) is 3. The van der Waals surface area contributed by atoms with E-state index in [-0.39, 0.29) is 13.1 Å². The van der Waals surface area contributed by atoms with Crippen LogP contribution >= 0.6 is 0 Å². The average molecular weight is 276 g/mol. The maximum absolute atomic E-state index is 12.5. The minimum atomic E-state index is -4.40. The molecule has 0 saturated carbocycles. The van der Waals surface area contributed by atoms with E-state index in [1.54, 1.807) is 0 Å². The zero-order chi connectivity index (χ0) is 14.5. The Kier molecular flexibility index (Phi) is 5.31. The van der Waals surface area contributed by atoms with Crippen LogP contribution in [0.1, 0.15) is 11.1 Å². The zero-order valence-electron chi connectivity index (χ0n) is 10.3. The SMILES string of the molecule is COC(CN)C(=O)NCc1cccc(C(F)(F)F)c1. The number of halogens is 3. The molecule has 1 aromatic carbocycles. The fourth-order valence-corrected chi connectivity index (χ4v) is 1.47. The Morgan fingerprint density at radius 2 is 2.16 bits per heavy atom. The highest BCUT2D eigenvalue weighted by molar-refractivity contribution is 5.80. The molecule has 0 aliphatic carbocycles. The van der Waals surface area contributed by atoms with E-state index in [9.17, 15) is 18.0 Å². The van der Waals surface area contributed by atoms with Gasteiger partial charge in [-0.05, 0) is 17.7 Å². The smallest absolute Gasteiger partial charge is 0.370 e. The lowest BCUT2D eigenvalue weighted by molar-refractivity contribution is -0.137. The van der Waals surface area contributed by atoms with E-state index in [1.807, 2.05) is 0 Å². The number of carbonyl (C=O) groups is 1.